The molecule has 7 rings (SSSR count). The van der Waals surface area contributed by atoms with Crippen molar-refractivity contribution in [2.45, 2.75) is 80.3 Å². The van der Waals surface area contributed by atoms with Gasteiger partial charge < -0.3 is 19.8 Å². The number of carbonyl (C=O) groups excluding carboxylic acids is 1. The molecule has 6 nitrogen and oxygen atoms in total. The monoisotopic (exact) mass is 606 g/mol. The SMILES string of the molecule is CN(C(=O)CCc1ccc(C(F)(F)F)cc1)C1CC2Oc3c(O)ccc4c3[C@@]23CCN(CCc2ccccc2)[C@H](C4)[C@]3(O)C1. The summed E-state index contributed by atoms with van der Waals surface area (Å²) in [6.45, 7) is 1.60. The van der Waals surface area contributed by atoms with Gasteiger partial charge in [0.25, 0.3) is 0 Å². The van der Waals surface area contributed by atoms with E-state index in [2.05, 4.69) is 17.0 Å². The van der Waals surface area contributed by atoms with Gasteiger partial charge in [0.2, 0.25) is 5.91 Å². The number of rotatable bonds is 7. The molecule has 0 radical (unpaired) electrons. The van der Waals surface area contributed by atoms with Crippen molar-refractivity contribution < 1.29 is 32.9 Å². The minimum Gasteiger partial charge on any atom is -0.504 e. The van der Waals surface area contributed by atoms with Crippen molar-refractivity contribution in [3.8, 4) is 11.5 Å². The number of aryl methyl sites for hydroxylation is 1. The number of halogens is 3. The van der Waals surface area contributed by atoms with E-state index in [1.165, 1.54) is 17.7 Å². The number of alkyl halides is 3. The first kappa shape index (κ1) is 29.2. The Bertz CT molecular complexity index is 1560. The molecule has 3 aromatic rings. The second-order valence-electron chi connectivity index (χ2n) is 13.0. The second-order valence-corrected chi connectivity index (χ2v) is 13.0. The van der Waals surface area contributed by atoms with Gasteiger partial charge in [-0.3, -0.25) is 9.69 Å². The van der Waals surface area contributed by atoms with E-state index in [4.69, 9.17) is 4.74 Å². The molecule has 2 aliphatic carbocycles. The van der Waals surface area contributed by atoms with Crippen LogP contribution in [0.15, 0.2) is 66.7 Å². The first-order valence-corrected chi connectivity index (χ1v) is 15.5. The van der Waals surface area contributed by atoms with Gasteiger partial charge in [0, 0.05) is 44.1 Å². The van der Waals surface area contributed by atoms with Crippen molar-refractivity contribution >= 4 is 5.91 Å². The molecule has 1 amide bonds. The zero-order valence-electron chi connectivity index (χ0n) is 24.7. The number of piperidine rings is 1. The molecule has 2 N–H and O–H groups in total. The van der Waals surface area contributed by atoms with E-state index in [1.807, 2.05) is 24.3 Å². The molecule has 2 heterocycles. The van der Waals surface area contributed by atoms with Gasteiger partial charge in [-0.15, -0.1) is 0 Å². The van der Waals surface area contributed by atoms with Crippen LogP contribution in [-0.2, 0) is 35.6 Å². The standard InChI is InChI=1S/C35H37F3N2O4/c1-39(30(42)14-9-23-7-11-25(12-8-23)35(36,37)38)26-20-29-33-16-18-40(17-15-22-5-3-2-4-6-22)28(34(33,43)21-26)19-24-10-13-27(41)32(44-29)31(24)33/h2-8,10-13,26,28-29,41,43H,9,14-21H2,1H3/t26?,28-,29?,33-,34-/m1/s1. The average molecular weight is 607 g/mol. The fourth-order valence-corrected chi connectivity index (χ4v) is 8.60. The molecule has 3 aromatic carbocycles. The minimum atomic E-state index is -4.40. The largest absolute Gasteiger partial charge is 0.504 e. The van der Waals surface area contributed by atoms with Gasteiger partial charge in [-0.05, 0) is 73.5 Å². The van der Waals surface area contributed by atoms with Crippen molar-refractivity contribution in [1.82, 2.24) is 9.80 Å². The van der Waals surface area contributed by atoms with E-state index in [0.29, 0.717) is 43.4 Å². The highest BCUT2D eigenvalue weighted by atomic mass is 19.4. The summed E-state index contributed by atoms with van der Waals surface area (Å²) in [6.07, 6.45) is -1.23. The zero-order chi connectivity index (χ0) is 30.9. The van der Waals surface area contributed by atoms with Crippen LogP contribution in [0.25, 0.3) is 0 Å². The van der Waals surface area contributed by atoms with Gasteiger partial charge in [0.05, 0.1) is 16.6 Å². The summed E-state index contributed by atoms with van der Waals surface area (Å²) in [5.41, 5.74) is 1.40. The highest BCUT2D eigenvalue weighted by Gasteiger charge is 2.72. The summed E-state index contributed by atoms with van der Waals surface area (Å²) in [7, 11) is 1.75. The Morgan fingerprint density at radius 1 is 1.05 bits per heavy atom. The number of aromatic hydroxyl groups is 1. The second kappa shape index (κ2) is 10.5. The van der Waals surface area contributed by atoms with Gasteiger partial charge in [-0.2, -0.15) is 13.2 Å². The minimum absolute atomic E-state index is 0.0809. The van der Waals surface area contributed by atoms with Crippen LogP contribution >= 0.6 is 0 Å². The number of phenolic OH excluding ortho intramolecular Hbond substituents is 1. The predicted octanol–water partition coefficient (Wildman–Crippen LogP) is 5.27. The summed E-state index contributed by atoms with van der Waals surface area (Å²) in [5, 5.41) is 23.8. The summed E-state index contributed by atoms with van der Waals surface area (Å²) in [5.74, 6) is 0.423. The molecule has 2 fully saturated rings. The van der Waals surface area contributed by atoms with Crippen molar-refractivity contribution in [3.05, 3.63) is 94.5 Å². The summed E-state index contributed by atoms with van der Waals surface area (Å²) < 4.78 is 45.4. The molecule has 2 aliphatic heterocycles. The first-order chi connectivity index (χ1) is 21.0. The molecular weight excluding hydrogens is 569 g/mol. The molecule has 2 bridgehead atoms. The lowest BCUT2D eigenvalue weighted by Crippen LogP contribution is -2.77. The zero-order valence-corrected chi connectivity index (χ0v) is 24.7. The molecular formula is C35H37F3N2O4. The van der Waals surface area contributed by atoms with Gasteiger partial charge >= 0.3 is 6.18 Å². The van der Waals surface area contributed by atoms with E-state index >= 15 is 0 Å². The van der Waals surface area contributed by atoms with Crippen LogP contribution in [0.2, 0.25) is 0 Å². The molecule has 4 aliphatic rings. The number of hydrogen-bond donors (Lipinski definition) is 2. The third kappa shape index (κ3) is 4.50. The lowest BCUT2D eigenvalue weighted by atomic mass is 9.48. The van der Waals surface area contributed by atoms with E-state index in [0.717, 1.165) is 42.8 Å². The van der Waals surface area contributed by atoms with Crippen molar-refractivity contribution in [1.29, 1.82) is 0 Å². The fourth-order valence-electron chi connectivity index (χ4n) is 8.60. The first-order valence-electron chi connectivity index (χ1n) is 15.5. The molecule has 9 heteroatoms. The number of carbonyl (C=O) groups is 1. The maximum atomic E-state index is 13.5. The molecule has 1 saturated heterocycles. The van der Waals surface area contributed by atoms with Gasteiger partial charge in [0.1, 0.15) is 6.10 Å². The summed E-state index contributed by atoms with van der Waals surface area (Å²) in [6, 6.07) is 18.4. The van der Waals surface area contributed by atoms with Crippen LogP contribution in [0.5, 0.6) is 11.5 Å². The molecule has 0 aromatic heterocycles. The average Bonchev–Trinajstić information content (AvgIpc) is 3.35. The maximum absolute atomic E-state index is 13.5. The number of aliphatic hydroxyl groups is 1. The Kier molecular flexibility index (Phi) is 6.97. The lowest BCUT2D eigenvalue weighted by molar-refractivity contribution is -0.198. The van der Waals surface area contributed by atoms with Gasteiger partial charge in [0.15, 0.2) is 11.5 Å². The van der Waals surface area contributed by atoms with Crippen LogP contribution < -0.4 is 4.74 Å². The third-order valence-corrected chi connectivity index (χ3v) is 10.9. The molecule has 2 unspecified atom stereocenters. The summed E-state index contributed by atoms with van der Waals surface area (Å²) >= 11 is 0. The Labute approximate surface area is 255 Å². The molecule has 1 spiro atoms. The van der Waals surface area contributed by atoms with Gasteiger partial charge in [-0.25, -0.2) is 0 Å². The van der Waals surface area contributed by atoms with Crippen molar-refractivity contribution in [3.63, 3.8) is 0 Å². The van der Waals surface area contributed by atoms with Crippen LogP contribution in [0.3, 0.4) is 0 Å². The predicted molar refractivity (Wildman–Crippen MR) is 159 cm³/mol. The molecule has 1 saturated carbocycles. The summed E-state index contributed by atoms with van der Waals surface area (Å²) in [4.78, 5) is 17.6. The van der Waals surface area contributed by atoms with Crippen LogP contribution in [0.1, 0.15) is 53.5 Å². The highest BCUT2D eigenvalue weighted by molar-refractivity contribution is 5.76. The number of likely N-dealkylation sites (tertiary alicyclic amines) is 1. The van der Waals surface area contributed by atoms with E-state index in [1.54, 1.807) is 18.0 Å². The van der Waals surface area contributed by atoms with E-state index in [-0.39, 0.29) is 30.2 Å². The van der Waals surface area contributed by atoms with Crippen molar-refractivity contribution in [2.75, 3.05) is 20.1 Å². The number of amides is 1. The number of hydrogen-bond acceptors (Lipinski definition) is 5. The fraction of sp³-hybridized carbons (Fsp3) is 0.457. The Morgan fingerprint density at radius 3 is 2.50 bits per heavy atom. The molecule has 44 heavy (non-hydrogen) atoms. The Morgan fingerprint density at radius 2 is 1.77 bits per heavy atom. The van der Waals surface area contributed by atoms with Crippen molar-refractivity contribution in [2.24, 2.45) is 0 Å². The highest BCUT2D eigenvalue weighted by Crippen LogP contribution is 2.65. The van der Waals surface area contributed by atoms with Crippen LogP contribution in [-0.4, -0.2) is 69.8 Å². The normalized spacial score (nSPS) is 28.7. The van der Waals surface area contributed by atoms with Crippen LogP contribution in [0.4, 0.5) is 13.2 Å². The van der Waals surface area contributed by atoms with Gasteiger partial charge in [-0.1, -0.05) is 48.5 Å². The topological polar surface area (TPSA) is 73.2 Å². The van der Waals surface area contributed by atoms with Crippen LogP contribution in [0, 0.1) is 0 Å². The maximum Gasteiger partial charge on any atom is 0.416 e. The van der Waals surface area contributed by atoms with E-state index in [9.17, 15) is 28.2 Å². The lowest BCUT2D eigenvalue weighted by Gasteiger charge is -2.64. The Balaban J connectivity index is 1.14. The number of benzene rings is 3. The van der Waals surface area contributed by atoms with E-state index < -0.39 is 28.9 Å². The molecule has 232 valence electrons. The number of nitrogens with zero attached hydrogens (tertiary/aromatic N) is 2. The molecule has 5 atom stereocenters. The number of ether oxygens (including phenoxy) is 1. The quantitative estimate of drug-likeness (QED) is 0.384. The Hall–Kier alpha value is -3.56. The smallest absolute Gasteiger partial charge is 0.416 e. The third-order valence-electron chi connectivity index (χ3n) is 10.9. The number of phenols is 1.